The Morgan fingerprint density at radius 1 is 0.833 bits per heavy atom. The van der Waals surface area contributed by atoms with Gasteiger partial charge in [-0.05, 0) is 29.8 Å². The fourth-order valence-electron chi connectivity index (χ4n) is 2.12. The summed E-state index contributed by atoms with van der Waals surface area (Å²) in [4.78, 5) is 12.3. The first kappa shape index (κ1) is 15.5. The molecule has 0 bridgehead atoms. The number of hydrazone groups is 1. The van der Waals surface area contributed by atoms with Crippen molar-refractivity contribution in [3.05, 3.63) is 96.1 Å². The standard InChI is InChI=1S/C20H16N2O2/c23-20(22-21-15-16-9-3-1-4-10-16)18-13-7-8-14-19(18)24-17-11-5-2-6-12-17/h1-15H,(H,22,23). The summed E-state index contributed by atoms with van der Waals surface area (Å²) in [5.41, 5.74) is 3.86. The Morgan fingerprint density at radius 2 is 1.46 bits per heavy atom. The van der Waals surface area contributed by atoms with Gasteiger partial charge in [0.1, 0.15) is 11.5 Å². The maximum Gasteiger partial charge on any atom is 0.275 e. The molecule has 0 heterocycles. The van der Waals surface area contributed by atoms with Gasteiger partial charge in [0.25, 0.3) is 5.91 Å². The molecule has 0 saturated heterocycles. The number of ether oxygens (including phenoxy) is 1. The van der Waals surface area contributed by atoms with E-state index in [2.05, 4.69) is 10.5 Å². The largest absolute Gasteiger partial charge is 0.457 e. The molecule has 0 aliphatic heterocycles. The molecule has 3 aromatic carbocycles. The molecule has 0 aliphatic carbocycles. The predicted octanol–water partition coefficient (Wildman–Crippen LogP) is 4.24. The number of rotatable bonds is 5. The summed E-state index contributed by atoms with van der Waals surface area (Å²) >= 11 is 0. The van der Waals surface area contributed by atoms with Crippen molar-refractivity contribution < 1.29 is 9.53 Å². The zero-order chi connectivity index (χ0) is 16.6. The smallest absolute Gasteiger partial charge is 0.275 e. The maximum absolute atomic E-state index is 12.3. The Bertz CT molecular complexity index is 831. The molecule has 1 N–H and O–H groups in total. The first-order valence-corrected chi connectivity index (χ1v) is 7.53. The zero-order valence-electron chi connectivity index (χ0n) is 12.9. The normalized spacial score (nSPS) is 10.5. The third-order valence-electron chi connectivity index (χ3n) is 3.28. The van der Waals surface area contributed by atoms with Crippen LogP contribution in [0.4, 0.5) is 0 Å². The minimum absolute atomic E-state index is 0.325. The molecule has 24 heavy (non-hydrogen) atoms. The molecule has 0 atom stereocenters. The summed E-state index contributed by atoms with van der Waals surface area (Å²) in [6.45, 7) is 0. The average Bonchev–Trinajstić information content (AvgIpc) is 2.64. The molecule has 0 aliphatic rings. The van der Waals surface area contributed by atoms with Gasteiger partial charge in [0, 0.05) is 0 Å². The maximum atomic E-state index is 12.3. The molecule has 0 unspecified atom stereocenters. The summed E-state index contributed by atoms with van der Waals surface area (Å²) < 4.78 is 5.78. The minimum atomic E-state index is -0.325. The second-order valence-electron chi connectivity index (χ2n) is 5.02. The molecule has 4 heteroatoms. The fraction of sp³-hybridized carbons (Fsp3) is 0. The molecule has 118 valence electrons. The van der Waals surface area contributed by atoms with Crippen LogP contribution < -0.4 is 10.2 Å². The van der Waals surface area contributed by atoms with Crippen molar-refractivity contribution in [3.63, 3.8) is 0 Å². The van der Waals surface area contributed by atoms with Crippen LogP contribution in [-0.4, -0.2) is 12.1 Å². The van der Waals surface area contributed by atoms with Gasteiger partial charge < -0.3 is 4.74 Å². The highest BCUT2D eigenvalue weighted by Crippen LogP contribution is 2.24. The zero-order valence-corrected chi connectivity index (χ0v) is 12.9. The van der Waals surface area contributed by atoms with Crippen molar-refractivity contribution in [1.29, 1.82) is 0 Å². The lowest BCUT2D eigenvalue weighted by molar-refractivity contribution is 0.0953. The van der Waals surface area contributed by atoms with E-state index in [1.807, 2.05) is 66.7 Å². The molecule has 4 nitrogen and oxygen atoms in total. The Hall–Kier alpha value is -3.40. The van der Waals surface area contributed by atoms with Crippen molar-refractivity contribution >= 4 is 12.1 Å². The number of hydrogen-bond acceptors (Lipinski definition) is 3. The molecule has 3 aromatic rings. The van der Waals surface area contributed by atoms with Crippen molar-refractivity contribution in [2.75, 3.05) is 0 Å². The molecule has 0 aromatic heterocycles. The second kappa shape index (κ2) is 7.74. The van der Waals surface area contributed by atoms with Crippen LogP contribution in [-0.2, 0) is 0 Å². The first-order valence-electron chi connectivity index (χ1n) is 7.53. The van der Waals surface area contributed by atoms with E-state index in [0.29, 0.717) is 17.1 Å². The molecular formula is C20H16N2O2. The third-order valence-corrected chi connectivity index (χ3v) is 3.28. The van der Waals surface area contributed by atoms with Crippen molar-refractivity contribution in [1.82, 2.24) is 5.43 Å². The molecule has 0 saturated carbocycles. The van der Waals surface area contributed by atoms with E-state index in [1.54, 1.807) is 24.4 Å². The van der Waals surface area contributed by atoms with Gasteiger partial charge in [-0.15, -0.1) is 0 Å². The van der Waals surface area contributed by atoms with E-state index >= 15 is 0 Å². The molecule has 1 amide bonds. The van der Waals surface area contributed by atoms with E-state index < -0.39 is 0 Å². The van der Waals surface area contributed by atoms with Gasteiger partial charge in [-0.3, -0.25) is 4.79 Å². The van der Waals surface area contributed by atoms with Gasteiger partial charge in [-0.25, -0.2) is 5.43 Å². The van der Waals surface area contributed by atoms with E-state index in [-0.39, 0.29) is 5.91 Å². The average molecular weight is 316 g/mol. The van der Waals surface area contributed by atoms with E-state index in [9.17, 15) is 4.79 Å². The number of benzene rings is 3. The summed E-state index contributed by atoms with van der Waals surface area (Å²) in [6, 6.07) is 25.9. The molecule has 0 fully saturated rings. The number of para-hydroxylation sites is 2. The number of amides is 1. The molecule has 0 radical (unpaired) electrons. The van der Waals surface area contributed by atoms with Gasteiger partial charge in [-0.1, -0.05) is 60.7 Å². The van der Waals surface area contributed by atoms with Crippen molar-refractivity contribution in [2.24, 2.45) is 5.10 Å². The molecular weight excluding hydrogens is 300 g/mol. The Kier molecular flexibility index (Phi) is 5.00. The number of carbonyl (C=O) groups is 1. The van der Waals surface area contributed by atoms with Crippen LogP contribution in [0, 0.1) is 0 Å². The SMILES string of the molecule is O=C(NN=Cc1ccccc1)c1ccccc1Oc1ccccc1. The van der Waals surface area contributed by atoms with Crippen molar-refractivity contribution in [2.45, 2.75) is 0 Å². The highest BCUT2D eigenvalue weighted by Gasteiger charge is 2.11. The van der Waals surface area contributed by atoms with Crippen LogP contribution in [0.25, 0.3) is 0 Å². The lowest BCUT2D eigenvalue weighted by atomic mass is 10.2. The van der Waals surface area contributed by atoms with Crippen molar-refractivity contribution in [3.8, 4) is 11.5 Å². The van der Waals surface area contributed by atoms with E-state index in [4.69, 9.17) is 4.74 Å². The number of carbonyl (C=O) groups excluding carboxylic acids is 1. The van der Waals surface area contributed by atoms with Crippen LogP contribution in [0.5, 0.6) is 11.5 Å². The number of nitrogens with one attached hydrogen (secondary N) is 1. The molecule has 3 rings (SSSR count). The summed E-state index contributed by atoms with van der Waals surface area (Å²) in [7, 11) is 0. The quantitative estimate of drug-likeness (QED) is 0.565. The summed E-state index contributed by atoms with van der Waals surface area (Å²) in [6.07, 6.45) is 1.60. The van der Waals surface area contributed by atoms with Crippen LogP contribution >= 0.6 is 0 Å². The van der Waals surface area contributed by atoms with Crippen LogP contribution in [0.3, 0.4) is 0 Å². The number of nitrogens with zero attached hydrogens (tertiary/aromatic N) is 1. The fourth-order valence-corrected chi connectivity index (χ4v) is 2.12. The molecule has 0 spiro atoms. The van der Waals surface area contributed by atoms with Gasteiger partial charge >= 0.3 is 0 Å². The van der Waals surface area contributed by atoms with E-state index in [1.165, 1.54) is 0 Å². The highest BCUT2D eigenvalue weighted by molar-refractivity contribution is 5.97. The van der Waals surface area contributed by atoms with E-state index in [0.717, 1.165) is 5.56 Å². The topological polar surface area (TPSA) is 50.7 Å². The van der Waals surface area contributed by atoms with Crippen LogP contribution in [0.1, 0.15) is 15.9 Å². The van der Waals surface area contributed by atoms with Gasteiger partial charge in [-0.2, -0.15) is 5.10 Å². The Balaban J connectivity index is 1.72. The summed E-state index contributed by atoms with van der Waals surface area (Å²) in [5, 5.41) is 3.99. The monoisotopic (exact) mass is 316 g/mol. The summed E-state index contributed by atoms with van der Waals surface area (Å²) in [5.74, 6) is 0.829. The second-order valence-corrected chi connectivity index (χ2v) is 5.02. The lowest BCUT2D eigenvalue weighted by Gasteiger charge is -2.09. The van der Waals surface area contributed by atoms with Crippen LogP contribution in [0.2, 0.25) is 0 Å². The third kappa shape index (κ3) is 4.08. The lowest BCUT2D eigenvalue weighted by Crippen LogP contribution is -2.18. The van der Waals surface area contributed by atoms with Gasteiger partial charge in [0.2, 0.25) is 0 Å². The Morgan fingerprint density at radius 3 is 2.21 bits per heavy atom. The van der Waals surface area contributed by atoms with Gasteiger partial charge in [0.05, 0.1) is 11.8 Å². The Labute approximate surface area is 140 Å². The predicted molar refractivity (Wildman–Crippen MR) is 94.5 cm³/mol. The number of hydrogen-bond donors (Lipinski definition) is 1. The minimum Gasteiger partial charge on any atom is -0.457 e. The van der Waals surface area contributed by atoms with Gasteiger partial charge in [0.15, 0.2) is 0 Å². The van der Waals surface area contributed by atoms with Crippen LogP contribution in [0.15, 0.2) is 90.0 Å². The highest BCUT2D eigenvalue weighted by atomic mass is 16.5. The first-order chi connectivity index (χ1) is 11.8.